The van der Waals surface area contributed by atoms with Crippen LogP contribution in [0.1, 0.15) is 28.9 Å². The van der Waals surface area contributed by atoms with E-state index in [0.29, 0.717) is 17.9 Å². The number of nitrogens with zero attached hydrogens (tertiary/aromatic N) is 5. The van der Waals surface area contributed by atoms with Crippen LogP contribution in [0.5, 0.6) is 5.75 Å². The van der Waals surface area contributed by atoms with Gasteiger partial charge in [-0.3, -0.25) is 14.9 Å². The molecule has 33 heavy (non-hydrogen) atoms. The Hall–Kier alpha value is -4.61. The van der Waals surface area contributed by atoms with E-state index in [-0.39, 0.29) is 28.5 Å². The number of ether oxygens (including phenoxy) is 2. The number of nitro groups is 1. The van der Waals surface area contributed by atoms with E-state index >= 15 is 0 Å². The third-order valence-electron chi connectivity index (χ3n) is 4.98. The lowest BCUT2D eigenvalue weighted by Crippen LogP contribution is -2.33. The quantitative estimate of drug-likeness (QED) is 0.246. The van der Waals surface area contributed by atoms with Crippen LogP contribution < -0.4 is 10.1 Å². The third kappa shape index (κ3) is 4.01. The number of Topliss-reactive ketones (excluding diaryl/α,β-unsaturated/α-hetero) is 1. The van der Waals surface area contributed by atoms with Gasteiger partial charge in [-0.2, -0.15) is 4.68 Å². The molecule has 1 aromatic heterocycles. The van der Waals surface area contributed by atoms with Crippen molar-refractivity contribution >= 4 is 23.4 Å². The van der Waals surface area contributed by atoms with E-state index in [9.17, 15) is 19.7 Å². The van der Waals surface area contributed by atoms with Crippen molar-refractivity contribution in [3.8, 4) is 5.75 Å². The number of carbonyl (C=O) groups excluding carboxylic acids is 2. The molecule has 12 heteroatoms. The molecule has 2 aromatic carbocycles. The number of rotatable bonds is 7. The monoisotopic (exact) mass is 450 g/mol. The fraction of sp³-hybridized carbons (Fsp3) is 0.190. The smallest absolute Gasteiger partial charge is 0.355 e. The lowest BCUT2D eigenvalue weighted by molar-refractivity contribution is -0.384. The zero-order valence-corrected chi connectivity index (χ0v) is 17.6. The number of aromatic nitrogens is 4. The lowest BCUT2D eigenvalue weighted by atomic mass is 9.89. The van der Waals surface area contributed by atoms with Gasteiger partial charge in [0.2, 0.25) is 5.95 Å². The number of hydrogen-bond donors (Lipinski definition) is 1. The number of anilines is 1. The molecule has 1 aliphatic heterocycles. The molecule has 0 spiro atoms. The highest BCUT2D eigenvalue weighted by Gasteiger charge is 2.39. The number of hydrogen-bond acceptors (Lipinski definition) is 10. The minimum Gasteiger partial charge on any atom is -0.494 e. The summed E-state index contributed by atoms with van der Waals surface area (Å²) in [7, 11) is 1.18. The second kappa shape index (κ2) is 8.86. The number of nitrogens with one attached hydrogen (secondary N) is 1. The van der Waals surface area contributed by atoms with Gasteiger partial charge in [-0.1, -0.05) is 17.2 Å². The number of methoxy groups -OCH3 is 1. The van der Waals surface area contributed by atoms with Gasteiger partial charge in [0, 0.05) is 17.7 Å². The maximum Gasteiger partial charge on any atom is 0.355 e. The number of esters is 1. The van der Waals surface area contributed by atoms with E-state index in [0.717, 1.165) is 0 Å². The average molecular weight is 450 g/mol. The molecular formula is C21H18N6O6. The van der Waals surface area contributed by atoms with Crippen LogP contribution >= 0.6 is 0 Å². The Balaban J connectivity index is 1.90. The van der Waals surface area contributed by atoms with Gasteiger partial charge in [-0.25, -0.2) is 4.79 Å². The van der Waals surface area contributed by atoms with Crippen molar-refractivity contribution in [1.29, 1.82) is 0 Å². The van der Waals surface area contributed by atoms with Gasteiger partial charge in [0.1, 0.15) is 17.5 Å². The van der Waals surface area contributed by atoms with Gasteiger partial charge in [0.25, 0.3) is 5.69 Å². The largest absolute Gasteiger partial charge is 0.494 e. The van der Waals surface area contributed by atoms with Crippen molar-refractivity contribution in [2.75, 3.05) is 19.0 Å². The second-order valence-electron chi connectivity index (χ2n) is 6.89. The summed E-state index contributed by atoms with van der Waals surface area (Å²) in [4.78, 5) is 37.1. The van der Waals surface area contributed by atoms with Crippen LogP contribution in [0.15, 0.2) is 59.8 Å². The standard InChI is InChI=1S/C21H18N6O6/c1-3-33-15-9-7-12(8-10-15)19(28)16-17(20(29)32-2)22-21-23-24-25-26(21)18(16)13-5-4-6-14(11-13)27(30)31/h4-11,18H,3H2,1-2H3,(H,22,23,25)/t18-/m0/s1. The average Bonchev–Trinajstić information content (AvgIpc) is 3.31. The van der Waals surface area contributed by atoms with Gasteiger partial charge in [-0.15, -0.1) is 0 Å². The maximum absolute atomic E-state index is 13.7. The molecule has 1 N–H and O–H groups in total. The molecule has 0 unspecified atom stereocenters. The van der Waals surface area contributed by atoms with Crippen molar-refractivity contribution in [1.82, 2.24) is 20.2 Å². The summed E-state index contributed by atoms with van der Waals surface area (Å²) in [6.07, 6.45) is 0. The zero-order chi connectivity index (χ0) is 23.5. The van der Waals surface area contributed by atoms with E-state index < -0.39 is 22.7 Å². The summed E-state index contributed by atoms with van der Waals surface area (Å²) < 4.78 is 11.6. The highest BCUT2D eigenvalue weighted by molar-refractivity contribution is 6.15. The fourth-order valence-corrected chi connectivity index (χ4v) is 3.53. The van der Waals surface area contributed by atoms with Gasteiger partial charge >= 0.3 is 5.97 Å². The molecule has 1 aliphatic rings. The molecule has 12 nitrogen and oxygen atoms in total. The second-order valence-corrected chi connectivity index (χ2v) is 6.89. The Morgan fingerprint density at radius 1 is 1.21 bits per heavy atom. The first kappa shape index (κ1) is 21.6. The van der Waals surface area contributed by atoms with Gasteiger partial charge in [-0.05, 0) is 47.2 Å². The summed E-state index contributed by atoms with van der Waals surface area (Å²) in [5.74, 6) is -0.663. The number of fused-ring (bicyclic) bond motifs is 1. The van der Waals surface area contributed by atoms with E-state index in [1.807, 2.05) is 6.92 Å². The van der Waals surface area contributed by atoms with Crippen LogP contribution in [0.2, 0.25) is 0 Å². The Bertz CT molecular complexity index is 1270. The number of carbonyl (C=O) groups is 2. The topological polar surface area (TPSA) is 151 Å². The van der Waals surface area contributed by atoms with Crippen LogP contribution in [0, 0.1) is 10.1 Å². The Morgan fingerprint density at radius 2 is 1.97 bits per heavy atom. The van der Waals surface area contributed by atoms with Crippen molar-refractivity contribution in [2.24, 2.45) is 0 Å². The molecule has 168 valence electrons. The van der Waals surface area contributed by atoms with Crippen molar-refractivity contribution < 1.29 is 24.0 Å². The number of benzene rings is 2. The first-order valence-corrected chi connectivity index (χ1v) is 9.83. The molecule has 0 saturated heterocycles. The summed E-state index contributed by atoms with van der Waals surface area (Å²) >= 11 is 0. The molecule has 0 aliphatic carbocycles. The molecule has 4 rings (SSSR count). The zero-order valence-electron chi connectivity index (χ0n) is 17.6. The predicted octanol–water partition coefficient (Wildman–Crippen LogP) is 2.30. The van der Waals surface area contributed by atoms with Crippen LogP contribution in [0.4, 0.5) is 11.6 Å². The van der Waals surface area contributed by atoms with E-state index in [4.69, 9.17) is 9.47 Å². The SMILES string of the molecule is CCOc1ccc(C(=O)C2=C(C(=O)OC)Nc3nnnn3[C@H]2c2cccc([N+](=O)[O-])c2)cc1. The molecule has 0 saturated carbocycles. The molecule has 2 heterocycles. The van der Waals surface area contributed by atoms with Crippen LogP contribution in [0.3, 0.4) is 0 Å². The van der Waals surface area contributed by atoms with Gasteiger partial charge in [0.05, 0.1) is 24.2 Å². The molecular weight excluding hydrogens is 432 g/mol. The van der Waals surface area contributed by atoms with E-state index in [1.54, 1.807) is 30.3 Å². The number of ketones is 1. The van der Waals surface area contributed by atoms with Crippen LogP contribution in [0.25, 0.3) is 0 Å². The maximum atomic E-state index is 13.7. The molecule has 3 aromatic rings. The Morgan fingerprint density at radius 3 is 2.64 bits per heavy atom. The normalized spacial score (nSPS) is 14.8. The number of nitro benzene ring substituents is 1. The van der Waals surface area contributed by atoms with Crippen LogP contribution in [-0.2, 0) is 9.53 Å². The van der Waals surface area contributed by atoms with Crippen molar-refractivity contribution in [3.05, 3.63) is 81.0 Å². The number of non-ortho nitro benzene ring substituents is 1. The molecule has 1 atom stereocenters. The first-order chi connectivity index (χ1) is 15.9. The third-order valence-corrected chi connectivity index (χ3v) is 4.98. The summed E-state index contributed by atoms with van der Waals surface area (Å²) in [6.45, 7) is 2.30. The first-order valence-electron chi connectivity index (χ1n) is 9.83. The highest BCUT2D eigenvalue weighted by atomic mass is 16.6. The summed E-state index contributed by atoms with van der Waals surface area (Å²) in [5.41, 5.74) is 0.244. The highest BCUT2D eigenvalue weighted by Crippen LogP contribution is 2.37. The molecule has 0 amide bonds. The summed E-state index contributed by atoms with van der Waals surface area (Å²) in [5, 5.41) is 25.5. The fourth-order valence-electron chi connectivity index (χ4n) is 3.53. The van der Waals surface area contributed by atoms with Crippen molar-refractivity contribution in [3.63, 3.8) is 0 Å². The Labute approximate surface area is 187 Å². The minimum absolute atomic E-state index is 0.0219. The van der Waals surface area contributed by atoms with Crippen LogP contribution in [-0.4, -0.2) is 50.6 Å². The van der Waals surface area contributed by atoms with E-state index in [1.165, 1.54) is 30.0 Å². The lowest BCUT2D eigenvalue weighted by Gasteiger charge is -2.28. The van der Waals surface area contributed by atoms with E-state index in [2.05, 4.69) is 20.8 Å². The summed E-state index contributed by atoms with van der Waals surface area (Å²) in [6, 6.07) is 11.1. The molecule has 0 bridgehead atoms. The van der Waals surface area contributed by atoms with Crippen molar-refractivity contribution in [2.45, 2.75) is 13.0 Å². The minimum atomic E-state index is -1.02. The predicted molar refractivity (Wildman–Crippen MR) is 114 cm³/mol. The van der Waals surface area contributed by atoms with Gasteiger partial charge < -0.3 is 14.8 Å². The molecule has 0 radical (unpaired) electrons. The molecule has 0 fully saturated rings. The number of tetrazole rings is 1. The van der Waals surface area contributed by atoms with Gasteiger partial charge in [0.15, 0.2) is 5.78 Å². The number of allylic oxidation sites excluding steroid dienone is 1. The Kier molecular flexibility index (Phi) is 5.81.